The zero-order valence-electron chi connectivity index (χ0n) is 16.8. The number of alkyl halides is 5. The van der Waals surface area contributed by atoms with E-state index in [9.17, 15) is 26.7 Å². The van der Waals surface area contributed by atoms with Gasteiger partial charge >= 0.3 is 6.18 Å². The zero-order valence-corrected chi connectivity index (χ0v) is 17.6. The van der Waals surface area contributed by atoms with Gasteiger partial charge in [0.1, 0.15) is 11.4 Å². The Hall–Kier alpha value is -2.69. The van der Waals surface area contributed by atoms with Gasteiger partial charge in [0.2, 0.25) is 0 Å². The van der Waals surface area contributed by atoms with E-state index in [1.807, 2.05) is 0 Å². The van der Waals surface area contributed by atoms with Crippen LogP contribution >= 0.6 is 11.3 Å². The number of halogens is 5. The van der Waals surface area contributed by atoms with Crippen molar-refractivity contribution in [1.29, 1.82) is 0 Å². The van der Waals surface area contributed by atoms with Gasteiger partial charge in [0.25, 0.3) is 12.0 Å². The van der Waals surface area contributed by atoms with E-state index >= 15 is 0 Å². The average Bonchev–Trinajstić information content (AvgIpc) is 3.26. The molecule has 3 aromatic heterocycles. The van der Waals surface area contributed by atoms with Crippen LogP contribution in [0.4, 0.5) is 22.0 Å². The number of hydrogen-bond acceptors (Lipinski definition) is 5. The van der Waals surface area contributed by atoms with Gasteiger partial charge in [0.05, 0.1) is 28.2 Å². The van der Waals surface area contributed by atoms with Gasteiger partial charge < -0.3 is 0 Å². The summed E-state index contributed by atoms with van der Waals surface area (Å²) in [7, 11) is 0. The molecule has 5 nitrogen and oxygen atoms in total. The molecule has 0 radical (unpaired) electrons. The van der Waals surface area contributed by atoms with Gasteiger partial charge in [-0.25, -0.2) is 18.4 Å². The lowest BCUT2D eigenvalue weighted by Crippen LogP contribution is -2.30. The Balaban J connectivity index is 1.85. The molecular weight excluding hydrogens is 451 g/mol. The quantitative estimate of drug-likeness (QED) is 0.441. The Labute approximate surface area is 184 Å². The maximum atomic E-state index is 13.4. The van der Waals surface area contributed by atoms with Gasteiger partial charge in [0, 0.05) is 11.8 Å². The summed E-state index contributed by atoms with van der Waals surface area (Å²) in [5, 5.41) is 4.17. The number of hydrogen-bond donors (Lipinski definition) is 0. The van der Waals surface area contributed by atoms with Crippen LogP contribution in [-0.2, 0) is 12.7 Å². The maximum Gasteiger partial charge on any atom is 0.418 e. The second-order valence-electron chi connectivity index (χ2n) is 7.65. The highest BCUT2D eigenvalue weighted by Crippen LogP contribution is 2.36. The van der Waals surface area contributed by atoms with E-state index in [0.717, 1.165) is 54.2 Å². The summed E-state index contributed by atoms with van der Waals surface area (Å²) in [5.74, 6) is -0.0991. The Morgan fingerprint density at radius 2 is 1.91 bits per heavy atom. The van der Waals surface area contributed by atoms with Crippen molar-refractivity contribution >= 4 is 11.3 Å². The van der Waals surface area contributed by atoms with Crippen LogP contribution in [0.5, 0.6) is 0 Å². The van der Waals surface area contributed by atoms with Crippen molar-refractivity contribution in [3.05, 3.63) is 62.8 Å². The van der Waals surface area contributed by atoms with Crippen molar-refractivity contribution in [1.82, 2.24) is 19.7 Å². The van der Waals surface area contributed by atoms with E-state index in [1.54, 1.807) is 0 Å². The third kappa shape index (κ3) is 4.57. The molecule has 0 saturated heterocycles. The number of pyridine rings is 1. The molecule has 0 N–H and O–H groups in total. The molecule has 0 bridgehead atoms. The highest BCUT2D eigenvalue weighted by atomic mass is 32.1. The predicted molar refractivity (Wildman–Crippen MR) is 109 cm³/mol. The van der Waals surface area contributed by atoms with Crippen LogP contribution in [0.15, 0.2) is 34.7 Å². The minimum atomic E-state index is -4.66. The van der Waals surface area contributed by atoms with E-state index in [1.165, 1.54) is 23.8 Å². The van der Waals surface area contributed by atoms with Crippen LogP contribution in [0.25, 0.3) is 10.6 Å². The summed E-state index contributed by atoms with van der Waals surface area (Å²) in [6.07, 6.45) is -1.91. The molecule has 1 aliphatic carbocycles. The molecule has 0 aliphatic heterocycles. The number of aromatic nitrogens is 4. The fourth-order valence-electron chi connectivity index (χ4n) is 4.05. The van der Waals surface area contributed by atoms with Gasteiger partial charge in [-0.15, -0.1) is 11.3 Å². The van der Waals surface area contributed by atoms with Crippen molar-refractivity contribution in [3.8, 4) is 10.6 Å². The van der Waals surface area contributed by atoms with Crippen LogP contribution in [0.3, 0.4) is 0 Å². The predicted octanol–water partition coefficient (Wildman–Crippen LogP) is 5.81. The van der Waals surface area contributed by atoms with Gasteiger partial charge in [-0.05, 0) is 37.0 Å². The van der Waals surface area contributed by atoms with Crippen LogP contribution in [0.2, 0.25) is 0 Å². The van der Waals surface area contributed by atoms with E-state index in [4.69, 9.17) is 0 Å². The zero-order chi connectivity index (χ0) is 22.9. The molecule has 0 atom stereocenters. The highest BCUT2D eigenvalue weighted by Gasteiger charge is 2.34. The van der Waals surface area contributed by atoms with Crippen LogP contribution in [0, 0.1) is 0 Å². The summed E-state index contributed by atoms with van der Waals surface area (Å²) in [4.78, 5) is 20.8. The maximum absolute atomic E-state index is 13.4. The van der Waals surface area contributed by atoms with E-state index in [2.05, 4.69) is 15.1 Å². The second-order valence-corrected chi connectivity index (χ2v) is 8.50. The molecule has 0 unspecified atom stereocenters. The fourth-order valence-corrected chi connectivity index (χ4v) is 4.81. The van der Waals surface area contributed by atoms with Crippen molar-refractivity contribution in [2.45, 2.75) is 57.2 Å². The molecular formula is C21H19F5N4OS. The molecule has 3 aromatic rings. The Morgan fingerprint density at radius 1 is 1.16 bits per heavy atom. The molecule has 32 heavy (non-hydrogen) atoms. The van der Waals surface area contributed by atoms with Crippen molar-refractivity contribution in [3.63, 3.8) is 0 Å². The summed E-state index contributed by atoms with van der Waals surface area (Å²) in [5.41, 5.74) is -0.572. The number of thiazole rings is 1. The smallest absolute Gasteiger partial charge is 0.267 e. The fraction of sp³-hybridized carbons (Fsp3) is 0.429. The van der Waals surface area contributed by atoms with E-state index < -0.39 is 36.0 Å². The first-order chi connectivity index (χ1) is 15.3. The minimum Gasteiger partial charge on any atom is -0.267 e. The molecule has 0 aromatic carbocycles. The van der Waals surface area contributed by atoms with Crippen LogP contribution in [-0.4, -0.2) is 19.7 Å². The van der Waals surface area contributed by atoms with E-state index in [-0.39, 0.29) is 22.2 Å². The van der Waals surface area contributed by atoms with Gasteiger partial charge in [-0.3, -0.25) is 9.78 Å². The third-order valence-corrected chi connectivity index (χ3v) is 6.44. The lowest BCUT2D eigenvalue weighted by atomic mass is 9.84. The lowest BCUT2D eigenvalue weighted by Gasteiger charge is -2.22. The monoisotopic (exact) mass is 470 g/mol. The molecule has 1 aliphatic rings. The third-order valence-electron chi connectivity index (χ3n) is 5.58. The minimum absolute atomic E-state index is 0.0991. The first kappa shape index (κ1) is 22.5. The van der Waals surface area contributed by atoms with Crippen LogP contribution < -0.4 is 5.56 Å². The second kappa shape index (κ2) is 9.05. The summed E-state index contributed by atoms with van der Waals surface area (Å²) >= 11 is 0.950. The summed E-state index contributed by atoms with van der Waals surface area (Å²) in [6, 6.07) is 3.55. The topological polar surface area (TPSA) is 60.7 Å². The van der Waals surface area contributed by atoms with Gasteiger partial charge in [0.15, 0.2) is 0 Å². The molecule has 3 heterocycles. The largest absolute Gasteiger partial charge is 0.418 e. The molecule has 0 spiro atoms. The normalized spacial score (nSPS) is 15.4. The molecule has 1 saturated carbocycles. The van der Waals surface area contributed by atoms with Crippen molar-refractivity contribution in [2.75, 3.05) is 0 Å². The van der Waals surface area contributed by atoms with Crippen molar-refractivity contribution < 1.29 is 22.0 Å². The Bertz CT molecular complexity index is 1150. The number of rotatable bonds is 5. The number of nitrogens with zero attached hydrogens (tertiary/aromatic N) is 4. The highest BCUT2D eigenvalue weighted by molar-refractivity contribution is 7.13. The lowest BCUT2D eigenvalue weighted by molar-refractivity contribution is -0.138. The SMILES string of the molecule is O=c1c(C2CCCCC2)cc(-c2scnc2C(F)F)nn1Cc1ncccc1C(F)(F)F. The van der Waals surface area contributed by atoms with Gasteiger partial charge in [-0.2, -0.15) is 18.3 Å². The molecule has 4 rings (SSSR count). The first-order valence-corrected chi connectivity index (χ1v) is 11.0. The Kier molecular flexibility index (Phi) is 6.36. The Morgan fingerprint density at radius 3 is 2.59 bits per heavy atom. The molecule has 170 valence electrons. The van der Waals surface area contributed by atoms with E-state index in [0.29, 0.717) is 5.56 Å². The molecule has 0 amide bonds. The standard InChI is InChI=1S/C21H19F5N4OS/c22-19(23)17-18(32-11-28-17)15-9-13(12-5-2-1-3-6-12)20(31)30(29-15)10-16-14(21(24,25)26)7-4-8-27-16/h4,7-9,11-12,19H,1-3,5-6,10H2. The van der Waals surface area contributed by atoms with Crippen molar-refractivity contribution in [2.24, 2.45) is 0 Å². The summed E-state index contributed by atoms with van der Waals surface area (Å²) in [6.45, 7) is -0.523. The van der Waals surface area contributed by atoms with Gasteiger partial charge in [-0.1, -0.05) is 19.3 Å². The van der Waals surface area contributed by atoms with Crippen LogP contribution in [0.1, 0.15) is 67.0 Å². The first-order valence-electron chi connectivity index (χ1n) is 10.1. The molecule has 1 fully saturated rings. The average molecular weight is 470 g/mol. The summed E-state index contributed by atoms with van der Waals surface area (Å²) < 4.78 is 68.0. The molecule has 11 heteroatoms.